The second-order valence-electron chi connectivity index (χ2n) is 5.62. The molecular formula is C18H26N4O3S. The Kier molecular flexibility index (Phi) is 8.33. The van der Waals surface area contributed by atoms with Gasteiger partial charge in [-0.15, -0.1) is 11.3 Å². The van der Waals surface area contributed by atoms with E-state index in [1.54, 1.807) is 18.4 Å². The molecule has 1 unspecified atom stereocenters. The van der Waals surface area contributed by atoms with Crippen LogP contribution in [0.1, 0.15) is 17.9 Å². The number of methoxy groups -OCH3 is 1. The summed E-state index contributed by atoms with van der Waals surface area (Å²) < 4.78 is 6.03. The molecule has 2 aromatic rings. The molecule has 1 aromatic heterocycles. The average molecular weight is 378 g/mol. The van der Waals surface area contributed by atoms with Crippen molar-refractivity contribution in [1.29, 1.82) is 0 Å². The summed E-state index contributed by atoms with van der Waals surface area (Å²) in [5, 5.41) is 20.4. The highest BCUT2D eigenvalue weighted by Crippen LogP contribution is 2.29. The molecule has 0 aliphatic heterocycles. The lowest BCUT2D eigenvalue weighted by Gasteiger charge is -2.14. The molecule has 1 atom stereocenters. The standard InChI is InChI=1S/C18H26N4O3S/c1-3-19-18(22-12-17(24)20-8-9-25-2)21-11-14(23)16-10-13-6-4-5-7-15(13)26-16/h4-7,10,14,23H,3,8-9,11-12H2,1-2H3,(H,20,24)(H2,19,21,22). The van der Waals surface area contributed by atoms with Crippen LogP contribution in [0.15, 0.2) is 35.3 Å². The van der Waals surface area contributed by atoms with Crippen molar-refractivity contribution in [2.24, 2.45) is 4.99 Å². The number of aliphatic hydroxyl groups excluding tert-OH is 1. The molecule has 0 aliphatic rings. The van der Waals surface area contributed by atoms with Gasteiger partial charge in [-0.3, -0.25) is 4.79 Å². The van der Waals surface area contributed by atoms with E-state index in [1.165, 1.54) is 0 Å². The van der Waals surface area contributed by atoms with E-state index in [2.05, 4.69) is 20.9 Å². The number of thiophene rings is 1. The molecule has 1 amide bonds. The van der Waals surface area contributed by atoms with E-state index < -0.39 is 6.10 Å². The third-order valence-electron chi connectivity index (χ3n) is 3.59. The molecule has 0 radical (unpaired) electrons. The lowest BCUT2D eigenvalue weighted by Crippen LogP contribution is -2.40. The fourth-order valence-electron chi connectivity index (χ4n) is 2.30. The Hall–Kier alpha value is -2.16. The van der Waals surface area contributed by atoms with E-state index in [9.17, 15) is 9.90 Å². The first kappa shape index (κ1) is 20.2. The molecule has 1 heterocycles. The predicted octanol–water partition coefficient (Wildman–Crippen LogP) is 1.25. The van der Waals surface area contributed by atoms with Gasteiger partial charge in [-0.25, -0.2) is 4.99 Å². The van der Waals surface area contributed by atoms with Crippen molar-refractivity contribution >= 4 is 33.3 Å². The van der Waals surface area contributed by atoms with E-state index in [4.69, 9.17) is 4.74 Å². The Labute approximate surface area is 157 Å². The quantitative estimate of drug-likeness (QED) is 0.299. The van der Waals surface area contributed by atoms with E-state index in [0.717, 1.165) is 15.0 Å². The minimum Gasteiger partial charge on any atom is -0.386 e. The Morgan fingerprint density at radius 3 is 2.85 bits per heavy atom. The zero-order chi connectivity index (χ0) is 18.8. The van der Waals surface area contributed by atoms with Gasteiger partial charge in [-0.1, -0.05) is 18.2 Å². The first-order valence-corrected chi connectivity index (χ1v) is 9.40. The molecule has 142 valence electrons. The van der Waals surface area contributed by atoms with Gasteiger partial charge in [0.15, 0.2) is 5.96 Å². The molecular weight excluding hydrogens is 352 g/mol. The van der Waals surface area contributed by atoms with Crippen LogP contribution in [0.25, 0.3) is 10.1 Å². The number of carbonyl (C=O) groups excluding carboxylic acids is 1. The number of hydrogen-bond donors (Lipinski definition) is 4. The molecule has 0 fully saturated rings. The van der Waals surface area contributed by atoms with Crippen LogP contribution in [0.2, 0.25) is 0 Å². The Morgan fingerprint density at radius 1 is 1.31 bits per heavy atom. The number of rotatable bonds is 9. The number of guanidine groups is 1. The van der Waals surface area contributed by atoms with Gasteiger partial charge < -0.3 is 25.8 Å². The highest BCUT2D eigenvalue weighted by Gasteiger charge is 2.12. The number of nitrogens with one attached hydrogen (secondary N) is 3. The summed E-state index contributed by atoms with van der Waals surface area (Å²) in [6.07, 6.45) is -0.646. The first-order chi connectivity index (χ1) is 12.6. The largest absolute Gasteiger partial charge is 0.386 e. The van der Waals surface area contributed by atoms with Gasteiger partial charge in [0.05, 0.1) is 6.61 Å². The van der Waals surface area contributed by atoms with Gasteiger partial charge in [0, 0.05) is 36.3 Å². The van der Waals surface area contributed by atoms with Crippen LogP contribution in [0.5, 0.6) is 0 Å². The van der Waals surface area contributed by atoms with Crippen LogP contribution >= 0.6 is 11.3 Å². The molecule has 0 aliphatic carbocycles. The molecule has 7 nitrogen and oxygen atoms in total. The number of fused-ring (bicyclic) bond motifs is 1. The predicted molar refractivity (Wildman–Crippen MR) is 106 cm³/mol. The van der Waals surface area contributed by atoms with Gasteiger partial charge in [0.1, 0.15) is 12.6 Å². The molecule has 0 bridgehead atoms. The summed E-state index contributed by atoms with van der Waals surface area (Å²) in [4.78, 5) is 16.8. The number of hydrogen-bond acceptors (Lipinski definition) is 5. The van der Waals surface area contributed by atoms with Crippen molar-refractivity contribution in [2.75, 3.05) is 39.9 Å². The van der Waals surface area contributed by atoms with E-state index >= 15 is 0 Å². The van der Waals surface area contributed by atoms with Crippen LogP contribution < -0.4 is 16.0 Å². The Balaban J connectivity index is 1.88. The van der Waals surface area contributed by atoms with Crippen molar-refractivity contribution < 1.29 is 14.6 Å². The van der Waals surface area contributed by atoms with Crippen molar-refractivity contribution in [3.05, 3.63) is 35.2 Å². The summed E-state index contributed by atoms with van der Waals surface area (Å²) in [5.74, 6) is 0.318. The molecule has 0 spiro atoms. The van der Waals surface area contributed by atoms with E-state index in [1.807, 2.05) is 37.3 Å². The average Bonchev–Trinajstić information content (AvgIpc) is 3.08. The molecule has 1 aromatic carbocycles. The summed E-state index contributed by atoms with van der Waals surface area (Å²) in [7, 11) is 1.58. The zero-order valence-electron chi connectivity index (χ0n) is 15.1. The SMILES string of the molecule is CCNC(=NCC(=O)NCCOC)NCC(O)c1cc2ccccc2s1. The fraction of sp³-hybridized carbons (Fsp3) is 0.444. The lowest BCUT2D eigenvalue weighted by atomic mass is 10.2. The summed E-state index contributed by atoms with van der Waals surface area (Å²) in [6.45, 7) is 3.85. The summed E-state index contributed by atoms with van der Waals surface area (Å²) >= 11 is 1.57. The summed E-state index contributed by atoms with van der Waals surface area (Å²) in [5.41, 5.74) is 0. The lowest BCUT2D eigenvalue weighted by molar-refractivity contribution is -0.119. The van der Waals surface area contributed by atoms with Crippen molar-refractivity contribution in [3.63, 3.8) is 0 Å². The Bertz CT molecular complexity index is 699. The van der Waals surface area contributed by atoms with Crippen LogP contribution in [0.3, 0.4) is 0 Å². The first-order valence-electron chi connectivity index (χ1n) is 8.58. The normalized spacial score (nSPS) is 12.8. The van der Waals surface area contributed by atoms with E-state index in [-0.39, 0.29) is 12.5 Å². The Morgan fingerprint density at radius 2 is 2.12 bits per heavy atom. The smallest absolute Gasteiger partial charge is 0.241 e. The van der Waals surface area contributed by atoms with Crippen molar-refractivity contribution in [2.45, 2.75) is 13.0 Å². The van der Waals surface area contributed by atoms with Crippen molar-refractivity contribution in [1.82, 2.24) is 16.0 Å². The van der Waals surface area contributed by atoms with Crippen LogP contribution in [-0.4, -0.2) is 56.9 Å². The number of nitrogens with zero attached hydrogens (tertiary/aromatic N) is 1. The van der Waals surface area contributed by atoms with Crippen LogP contribution in [0.4, 0.5) is 0 Å². The maximum atomic E-state index is 11.7. The molecule has 8 heteroatoms. The van der Waals surface area contributed by atoms with Gasteiger partial charge in [0.25, 0.3) is 0 Å². The number of benzene rings is 1. The van der Waals surface area contributed by atoms with Gasteiger partial charge in [-0.05, 0) is 24.4 Å². The number of aliphatic imine (C=N–C) groups is 1. The fourth-order valence-corrected chi connectivity index (χ4v) is 3.35. The summed E-state index contributed by atoms with van der Waals surface area (Å²) in [6, 6.07) is 10.0. The molecule has 2 rings (SSSR count). The maximum Gasteiger partial charge on any atom is 0.241 e. The van der Waals surface area contributed by atoms with Crippen molar-refractivity contribution in [3.8, 4) is 0 Å². The zero-order valence-corrected chi connectivity index (χ0v) is 15.9. The minimum absolute atomic E-state index is 0.0119. The molecule has 0 saturated carbocycles. The highest BCUT2D eigenvalue weighted by atomic mass is 32.1. The maximum absolute atomic E-state index is 11.7. The third kappa shape index (κ3) is 6.29. The third-order valence-corrected chi connectivity index (χ3v) is 4.81. The van der Waals surface area contributed by atoms with Crippen LogP contribution in [-0.2, 0) is 9.53 Å². The number of aliphatic hydroxyl groups is 1. The highest BCUT2D eigenvalue weighted by molar-refractivity contribution is 7.19. The minimum atomic E-state index is -0.646. The van der Waals surface area contributed by atoms with Crippen LogP contribution in [0, 0.1) is 0 Å². The van der Waals surface area contributed by atoms with Gasteiger partial charge in [-0.2, -0.15) is 0 Å². The second kappa shape index (κ2) is 10.7. The number of carbonyl (C=O) groups is 1. The number of amides is 1. The monoisotopic (exact) mass is 378 g/mol. The van der Waals surface area contributed by atoms with Gasteiger partial charge >= 0.3 is 0 Å². The molecule has 26 heavy (non-hydrogen) atoms. The number of ether oxygens (including phenoxy) is 1. The molecule has 4 N–H and O–H groups in total. The molecule has 0 saturated heterocycles. The van der Waals surface area contributed by atoms with Gasteiger partial charge in [0.2, 0.25) is 5.91 Å². The van der Waals surface area contributed by atoms with E-state index in [0.29, 0.717) is 32.2 Å². The second-order valence-corrected chi connectivity index (χ2v) is 6.74. The topological polar surface area (TPSA) is 95.0 Å².